The van der Waals surface area contributed by atoms with E-state index in [4.69, 9.17) is 4.74 Å². The number of carbonyl (C=O) groups excluding carboxylic acids is 1. The van der Waals surface area contributed by atoms with Crippen molar-refractivity contribution < 1.29 is 9.53 Å². The van der Waals surface area contributed by atoms with Gasteiger partial charge < -0.3 is 19.9 Å². The summed E-state index contributed by atoms with van der Waals surface area (Å²) in [7, 11) is 1.93. The van der Waals surface area contributed by atoms with Crippen LogP contribution < -0.4 is 5.32 Å². The number of nitrogens with zero attached hydrogens (tertiary/aromatic N) is 2. The van der Waals surface area contributed by atoms with Gasteiger partial charge in [-0.15, -0.1) is 0 Å². The van der Waals surface area contributed by atoms with Crippen LogP contribution in [-0.2, 0) is 9.53 Å². The van der Waals surface area contributed by atoms with Crippen molar-refractivity contribution in [1.82, 2.24) is 15.1 Å². The Balaban J connectivity index is 1.83. The standard InChI is InChI=1S/C14H27N3O2/c1-11(2)17-7-4-12(5-8-17)16(3)14(18)13-10-15-6-9-19-13/h11-13,15H,4-10H2,1-3H3. The van der Waals surface area contributed by atoms with Gasteiger partial charge in [-0.1, -0.05) is 0 Å². The maximum atomic E-state index is 12.4. The van der Waals surface area contributed by atoms with Gasteiger partial charge in [-0.3, -0.25) is 4.79 Å². The van der Waals surface area contributed by atoms with Gasteiger partial charge in [0.05, 0.1) is 6.61 Å². The Kier molecular flexibility index (Phi) is 5.19. The van der Waals surface area contributed by atoms with Crippen LogP contribution in [0.15, 0.2) is 0 Å². The second-order valence-corrected chi connectivity index (χ2v) is 5.87. The molecular formula is C14H27N3O2. The first-order valence-corrected chi connectivity index (χ1v) is 7.42. The largest absolute Gasteiger partial charge is 0.366 e. The molecule has 5 heteroatoms. The van der Waals surface area contributed by atoms with Crippen LogP contribution >= 0.6 is 0 Å². The van der Waals surface area contributed by atoms with Gasteiger partial charge in [0.1, 0.15) is 6.10 Å². The highest BCUT2D eigenvalue weighted by molar-refractivity contribution is 5.81. The van der Waals surface area contributed by atoms with Crippen LogP contribution in [0.3, 0.4) is 0 Å². The van der Waals surface area contributed by atoms with Crippen molar-refractivity contribution in [3.05, 3.63) is 0 Å². The Morgan fingerprint density at radius 3 is 2.58 bits per heavy atom. The molecule has 0 aromatic rings. The first kappa shape index (κ1) is 14.8. The van der Waals surface area contributed by atoms with E-state index in [1.54, 1.807) is 0 Å². The van der Waals surface area contributed by atoms with Crippen molar-refractivity contribution in [2.24, 2.45) is 0 Å². The average Bonchev–Trinajstić information content (AvgIpc) is 2.46. The van der Waals surface area contributed by atoms with E-state index in [0.717, 1.165) is 32.5 Å². The van der Waals surface area contributed by atoms with E-state index in [2.05, 4.69) is 24.1 Å². The van der Waals surface area contributed by atoms with E-state index < -0.39 is 0 Å². The molecule has 5 nitrogen and oxygen atoms in total. The summed E-state index contributed by atoms with van der Waals surface area (Å²) in [5.74, 6) is 0.134. The van der Waals surface area contributed by atoms with Gasteiger partial charge in [0.15, 0.2) is 0 Å². The monoisotopic (exact) mass is 269 g/mol. The summed E-state index contributed by atoms with van der Waals surface area (Å²) in [6.45, 7) is 8.77. The minimum absolute atomic E-state index is 0.134. The maximum Gasteiger partial charge on any atom is 0.253 e. The van der Waals surface area contributed by atoms with Crippen molar-refractivity contribution in [1.29, 1.82) is 0 Å². The number of likely N-dealkylation sites (N-methyl/N-ethyl adjacent to an activating group) is 1. The van der Waals surface area contributed by atoms with Crippen LogP contribution in [0, 0.1) is 0 Å². The quantitative estimate of drug-likeness (QED) is 0.801. The van der Waals surface area contributed by atoms with Crippen molar-refractivity contribution in [2.75, 3.05) is 39.8 Å². The highest BCUT2D eigenvalue weighted by atomic mass is 16.5. The lowest BCUT2D eigenvalue weighted by molar-refractivity contribution is -0.147. The fourth-order valence-electron chi connectivity index (χ4n) is 2.92. The molecule has 0 aliphatic carbocycles. The third-order valence-electron chi connectivity index (χ3n) is 4.33. The summed E-state index contributed by atoms with van der Waals surface area (Å²) >= 11 is 0. The normalized spacial score (nSPS) is 26.6. The zero-order valence-corrected chi connectivity index (χ0v) is 12.4. The number of amides is 1. The molecule has 1 unspecified atom stereocenters. The van der Waals surface area contributed by atoms with Crippen LogP contribution in [0.25, 0.3) is 0 Å². The lowest BCUT2D eigenvalue weighted by Gasteiger charge is -2.39. The molecule has 2 saturated heterocycles. The average molecular weight is 269 g/mol. The second kappa shape index (κ2) is 6.68. The molecule has 0 aromatic carbocycles. The van der Waals surface area contributed by atoms with Crippen LogP contribution in [0.2, 0.25) is 0 Å². The van der Waals surface area contributed by atoms with Crippen LogP contribution in [0.1, 0.15) is 26.7 Å². The SMILES string of the molecule is CC(C)N1CCC(N(C)C(=O)C2CNCCO2)CC1. The molecule has 2 aliphatic heterocycles. The molecule has 2 rings (SSSR count). The fourth-order valence-corrected chi connectivity index (χ4v) is 2.92. The zero-order chi connectivity index (χ0) is 13.8. The molecule has 0 aromatic heterocycles. The lowest BCUT2D eigenvalue weighted by Crippen LogP contribution is -2.53. The van der Waals surface area contributed by atoms with Crippen molar-refractivity contribution >= 4 is 5.91 Å². The predicted octanol–water partition coefficient (Wildman–Crippen LogP) is 0.306. The summed E-state index contributed by atoms with van der Waals surface area (Å²) < 4.78 is 5.55. The summed E-state index contributed by atoms with van der Waals surface area (Å²) in [6.07, 6.45) is 1.85. The minimum atomic E-state index is -0.290. The first-order chi connectivity index (χ1) is 9.09. The number of carbonyl (C=O) groups is 1. The van der Waals surface area contributed by atoms with E-state index in [9.17, 15) is 4.79 Å². The number of hydrogen-bond acceptors (Lipinski definition) is 4. The Hall–Kier alpha value is -0.650. The highest BCUT2D eigenvalue weighted by Crippen LogP contribution is 2.18. The molecule has 19 heavy (non-hydrogen) atoms. The molecule has 2 heterocycles. The summed E-state index contributed by atoms with van der Waals surface area (Å²) in [5, 5.41) is 3.21. The van der Waals surface area contributed by atoms with Crippen LogP contribution in [-0.4, -0.2) is 73.7 Å². The van der Waals surface area contributed by atoms with Crippen LogP contribution in [0.5, 0.6) is 0 Å². The molecule has 0 radical (unpaired) electrons. The second-order valence-electron chi connectivity index (χ2n) is 5.87. The van der Waals surface area contributed by atoms with Crippen LogP contribution in [0.4, 0.5) is 0 Å². The minimum Gasteiger partial charge on any atom is -0.366 e. The van der Waals surface area contributed by atoms with E-state index in [1.165, 1.54) is 0 Å². The van der Waals surface area contributed by atoms with Gasteiger partial charge in [-0.05, 0) is 26.7 Å². The Bertz CT molecular complexity index is 295. The molecule has 1 amide bonds. The Morgan fingerprint density at radius 1 is 1.37 bits per heavy atom. The number of likely N-dealkylation sites (tertiary alicyclic amines) is 1. The van der Waals surface area contributed by atoms with Gasteiger partial charge in [0.25, 0.3) is 5.91 Å². The third kappa shape index (κ3) is 3.68. The van der Waals surface area contributed by atoms with Gasteiger partial charge in [-0.25, -0.2) is 0 Å². The number of ether oxygens (including phenoxy) is 1. The topological polar surface area (TPSA) is 44.8 Å². The molecule has 1 atom stereocenters. The number of hydrogen-bond donors (Lipinski definition) is 1. The molecular weight excluding hydrogens is 242 g/mol. The van der Waals surface area contributed by atoms with E-state index in [1.807, 2.05) is 11.9 Å². The fraction of sp³-hybridized carbons (Fsp3) is 0.929. The first-order valence-electron chi connectivity index (χ1n) is 7.42. The van der Waals surface area contributed by atoms with E-state index in [0.29, 0.717) is 25.2 Å². The summed E-state index contributed by atoms with van der Waals surface area (Å²) in [4.78, 5) is 16.8. The molecule has 1 N–H and O–H groups in total. The van der Waals surface area contributed by atoms with Gasteiger partial charge in [0.2, 0.25) is 0 Å². The van der Waals surface area contributed by atoms with Gasteiger partial charge in [-0.2, -0.15) is 0 Å². The molecule has 0 saturated carbocycles. The van der Waals surface area contributed by atoms with Gasteiger partial charge >= 0.3 is 0 Å². The van der Waals surface area contributed by atoms with Crippen molar-refractivity contribution in [2.45, 2.75) is 44.9 Å². The van der Waals surface area contributed by atoms with Crippen molar-refractivity contribution in [3.63, 3.8) is 0 Å². The Morgan fingerprint density at radius 2 is 2.05 bits per heavy atom. The molecule has 0 bridgehead atoms. The molecule has 110 valence electrons. The summed E-state index contributed by atoms with van der Waals surface area (Å²) in [5.41, 5.74) is 0. The van der Waals surface area contributed by atoms with Crippen molar-refractivity contribution in [3.8, 4) is 0 Å². The van der Waals surface area contributed by atoms with E-state index in [-0.39, 0.29) is 12.0 Å². The number of morpholine rings is 1. The molecule has 2 aliphatic rings. The number of rotatable bonds is 3. The highest BCUT2D eigenvalue weighted by Gasteiger charge is 2.31. The zero-order valence-electron chi connectivity index (χ0n) is 12.4. The maximum absolute atomic E-state index is 12.4. The summed E-state index contributed by atoms with van der Waals surface area (Å²) in [6, 6.07) is 0.973. The molecule has 2 fully saturated rings. The Labute approximate surface area is 116 Å². The van der Waals surface area contributed by atoms with E-state index >= 15 is 0 Å². The third-order valence-corrected chi connectivity index (χ3v) is 4.33. The molecule has 0 spiro atoms. The number of piperidine rings is 1. The predicted molar refractivity (Wildman–Crippen MR) is 75.1 cm³/mol. The van der Waals surface area contributed by atoms with Gasteiger partial charge in [0, 0.05) is 45.3 Å². The smallest absolute Gasteiger partial charge is 0.253 e. The number of nitrogens with one attached hydrogen (secondary N) is 1. The lowest BCUT2D eigenvalue weighted by atomic mass is 10.0.